The van der Waals surface area contributed by atoms with E-state index in [1.54, 1.807) is 10.9 Å². The number of hydrogen-bond acceptors (Lipinski definition) is 5. The maximum atomic E-state index is 5.41. The highest BCUT2D eigenvalue weighted by atomic mass is 79.9. The largest absolute Gasteiger partial charge is 0.339 e. The number of aromatic nitrogens is 4. The van der Waals surface area contributed by atoms with Crippen LogP contribution in [-0.4, -0.2) is 33.0 Å². The minimum absolute atomic E-state index is 0.567. The number of nitrogens with zero attached hydrogens (tertiary/aromatic N) is 4. The lowest BCUT2D eigenvalue weighted by Gasteiger charge is -2.27. The minimum Gasteiger partial charge on any atom is -0.339 e. The average Bonchev–Trinajstić information content (AvgIpc) is 3.08. The topological polar surface area (TPSA) is 68.8 Å². The first kappa shape index (κ1) is 14.7. The molecule has 7 heteroatoms. The predicted octanol–water partition coefficient (Wildman–Crippen LogP) is 2.41. The maximum Gasteiger partial charge on any atom is 0.227 e. The van der Waals surface area contributed by atoms with Gasteiger partial charge in [-0.2, -0.15) is 10.1 Å². The summed E-state index contributed by atoms with van der Waals surface area (Å²) in [4.78, 5) is 4.51. The van der Waals surface area contributed by atoms with Crippen LogP contribution in [0.25, 0.3) is 11.4 Å². The smallest absolute Gasteiger partial charge is 0.227 e. The molecule has 6 nitrogen and oxygen atoms in total. The quantitative estimate of drug-likeness (QED) is 0.913. The van der Waals surface area contributed by atoms with Crippen molar-refractivity contribution >= 4 is 15.9 Å². The highest BCUT2D eigenvalue weighted by Gasteiger charge is 2.23. The SMILES string of the molecule is CC(Cc1nc(-c2cnn(C)c2Br)no1)C1CCNCC1. The summed E-state index contributed by atoms with van der Waals surface area (Å²) in [6.07, 6.45) is 5.05. The highest BCUT2D eigenvalue weighted by molar-refractivity contribution is 9.10. The Labute approximate surface area is 132 Å². The summed E-state index contributed by atoms with van der Waals surface area (Å²) in [5.41, 5.74) is 0.863. The molecule has 0 radical (unpaired) electrons. The van der Waals surface area contributed by atoms with Crippen molar-refractivity contribution in [3.63, 3.8) is 0 Å². The van der Waals surface area contributed by atoms with E-state index in [0.29, 0.717) is 17.6 Å². The predicted molar refractivity (Wildman–Crippen MR) is 82.7 cm³/mol. The van der Waals surface area contributed by atoms with Gasteiger partial charge in [0.25, 0.3) is 0 Å². The van der Waals surface area contributed by atoms with Gasteiger partial charge in [0, 0.05) is 13.5 Å². The summed E-state index contributed by atoms with van der Waals surface area (Å²) in [5.74, 6) is 2.62. The number of hydrogen-bond donors (Lipinski definition) is 1. The number of piperidine rings is 1. The zero-order valence-corrected chi connectivity index (χ0v) is 13.9. The van der Waals surface area contributed by atoms with Crippen LogP contribution in [0, 0.1) is 11.8 Å². The Morgan fingerprint density at radius 1 is 1.48 bits per heavy atom. The van der Waals surface area contributed by atoms with Gasteiger partial charge in [0.15, 0.2) is 0 Å². The number of aryl methyl sites for hydroxylation is 1. The molecule has 0 bridgehead atoms. The molecule has 2 aromatic rings. The Morgan fingerprint density at radius 3 is 2.90 bits per heavy atom. The molecule has 3 rings (SSSR count). The third kappa shape index (κ3) is 3.18. The number of rotatable bonds is 4. The van der Waals surface area contributed by atoms with Crippen molar-refractivity contribution in [2.45, 2.75) is 26.2 Å². The van der Waals surface area contributed by atoms with E-state index >= 15 is 0 Å². The minimum atomic E-state index is 0.567. The molecule has 2 aromatic heterocycles. The summed E-state index contributed by atoms with van der Waals surface area (Å²) in [7, 11) is 1.87. The first-order valence-electron chi connectivity index (χ1n) is 7.36. The first-order valence-corrected chi connectivity index (χ1v) is 8.15. The van der Waals surface area contributed by atoms with Crippen molar-refractivity contribution in [1.29, 1.82) is 0 Å². The van der Waals surface area contributed by atoms with Gasteiger partial charge in [0.2, 0.25) is 11.7 Å². The zero-order valence-electron chi connectivity index (χ0n) is 12.3. The molecule has 3 heterocycles. The van der Waals surface area contributed by atoms with Crippen LogP contribution >= 0.6 is 15.9 Å². The summed E-state index contributed by atoms with van der Waals surface area (Å²) in [6.45, 7) is 4.51. The third-order valence-electron chi connectivity index (χ3n) is 4.26. The van der Waals surface area contributed by atoms with Gasteiger partial charge in [-0.3, -0.25) is 4.68 Å². The Bertz CT molecular complexity index is 602. The van der Waals surface area contributed by atoms with Crippen LogP contribution in [0.3, 0.4) is 0 Å². The Hall–Kier alpha value is -1.21. The van der Waals surface area contributed by atoms with E-state index in [1.165, 1.54) is 12.8 Å². The Morgan fingerprint density at radius 2 is 2.24 bits per heavy atom. The average molecular weight is 354 g/mol. The molecule has 0 aliphatic carbocycles. The maximum absolute atomic E-state index is 5.41. The second-order valence-corrected chi connectivity index (χ2v) is 6.50. The van der Waals surface area contributed by atoms with Crippen molar-refractivity contribution in [3.05, 3.63) is 16.7 Å². The van der Waals surface area contributed by atoms with Crippen molar-refractivity contribution in [3.8, 4) is 11.4 Å². The molecule has 0 saturated carbocycles. The van der Waals surface area contributed by atoms with Crippen molar-refractivity contribution < 1.29 is 4.52 Å². The summed E-state index contributed by atoms with van der Waals surface area (Å²) in [6, 6.07) is 0. The molecule has 21 heavy (non-hydrogen) atoms. The normalized spacial score (nSPS) is 18.0. The fraction of sp³-hybridized carbons (Fsp3) is 0.643. The molecule has 1 N–H and O–H groups in total. The lowest BCUT2D eigenvalue weighted by atomic mass is 9.84. The van der Waals surface area contributed by atoms with E-state index < -0.39 is 0 Å². The van der Waals surface area contributed by atoms with Crippen LogP contribution in [0.1, 0.15) is 25.7 Å². The molecule has 1 atom stereocenters. The van der Waals surface area contributed by atoms with Gasteiger partial charge in [0.05, 0.1) is 11.8 Å². The molecule has 1 saturated heterocycles. The van der Waals surface area contributed by atoms with Crippen LogP contribution in [0.2, 0.25) is 0 Å². The lowest BCUT2D eigenvalue weighted by Crippen LogP contribution is -2.31. The molecule has 0 spiro atoms. The van der Waals surface area contributed by atoms with E-state index in [9.17, 15) is 0 Å². The number of halogens is 1. The fourth-order valence-corrected chi connectivity index (χ4v) is 3.25. The third-order valence-corrected chi connectivity index (χ3v) is 5.20. The van der Waals surface area contributed by atoms with Gasteiger partial charge < -0.3 is 9.84 Å². The Kier molecular flexibility index (Phi) is 4.40. The molecule has 1 unspecified atom stereocenters. The van der Waals surface area contributed by atoms with Gasteiger partial charge in [-0.25, -0.2) is 0 Å². The summed E-state index contributed by atoms with van der Waals surface area (Å²) >= 11 is 3.48. The molecule has 114 valence electrons. The monoisotopic (exact) mass is 353 g/mol. The second-order valence-electron chi connectivity index (χ2n) is 5.75. The van der Waals surface area contributed by atoms with E-state index in [0.717, 1.165) is 35.6 Å². The lowest BCUT2D eigenvalue weighted by molar-refractivity contribution is 0.253. The summed E-state index contributed by atoms with van der Waals surface area (Å²) < 4.78 is 8.01. The highest BCUT2D eigenvalue weighted by Crippen LogP contribution is 2.27. The molecular weight excluding hydrogens is 334 g/mol. The van der Waals surface area contributed by atoms with Gasteiger partial charge in [-0.15, -0.1) is 0 Å². The molecule has 1 fully saturated rings. The Balaban J connectivity index is 1.69. The number of nitrogens with one attached hydrogen (secondary N) is 1. The van der Waals surface area contributed by atoms with Gasteiger partial charge >= 0.3 is 0 Å². The van der Waals surface area contributed by atoms with Crippen molar-refractivity contribution in [2.24, 2.45) is 18.9 Å². The zero-order chi connectivity index (χ0) is 14.8. The molecule has 0 aromatic carbocycles. The van der Waals surface area contributed by atoms with Gasteiger partial charge in [-0.05, 0) is 53.7 Å². The van der Waals surface area contributed by atoms with E-state index in [1.807, 2.05) is 7.05 Å². The summed E-state index contributed by atoms with van der Waals surface area (Å²) in [5, 5.41) is 11.7. The van der Waals surface area contributed by atoms with Crippen molar-refractivity contribution in [1.82, 2.24) is 25.2 Å². The van der Waals surface area contributed by atoms with E-state index in [4.69, 9.17) is 4.52 Å². The van der Waals surface area contributed by atoms with Gasteiger partial charge in [-0.1, -0.05) is 12.1 Å². The van der Waals surface area contributed by atoms with Crippen LogP contribution in [0.4, 0.5) is 0 Å². The molecule has 1 aliphatic rings. The van der Waals surface area contributed by atoms with Crippen molar-refractivity contribution in [2.75, 3.05) is 13.1 Å². The van der Waals surface area contributed by atoms with Crippen LogP contribution in [-0.2, 0) is 13.5 Å². The van der Waals surface area contributed by atoms with E-state index in [2.05, 4.69) is 43.4 Å². The van der Waals surface area contributed by atoms with E-state index in [-0.39, 0.29) is 0 Å². The standard InChI is InChI=1S/C14H20BrN5O/c1-9(10-3-5-16-6-4-10)7-12-18-14(19-21-12)11-8-17-20(2)13(11)15/h8-10,16H,3-7H2,1-2H3. The first-order chi connectivity index (χ1) is 10.1. The van der Waals surface area contributed by atoms with Crippen LogP contribution in [0.5, 0.6) is 0 Å². The molecule has 0 amide bonds. The fourth-order valence-electron chi connectivity index (χ4n) is 2.88. The van der Waals surface area contributed by atoms with Crippen LogP contribution < -0.4 is 5.32 Å². The molecule has 1 aliphatic heterocycles. The van der Waals surface area contributed by atoms with Gasteiger partial charge in [0.1, 0.15) is 4.60 Å². The second kappa shape index (κ2) is 6.27. The van der Waals surface area contributed by atoms with Crippen LogP contribution in [0.15, 0.2) is 15.3 Å². The molecular formula is C14H20BrN5O.